The van der Waals surface area contributed by atoms with Crippen molar-refractivity contribution in [2.24, 2.45) is 5.73 Å². The van der Waals surface area contributed by atoms with Crippen LogP contribution >= 0.6 is 0 Å². The highest BCUT2D eigenvalue weighted by molar-refractivity contribution is 7.89. The molecule has 0 saturated heterocycles. The first-order valence-corrected chi connectivity index (χ1v) is 7.04. The van der Waals surface area contributed by atoms with Crippen LogP contribution in [-0.2, 0) is 16.6 Å². The molecule has 6 nitrogen and oxygen atoms in total. The predicted octanol–water partition coefficient (Wildman–Crippen LogP) is 0.261. The minimum absolute atomic E-state index is 0.0765. The van der Waals surface area contributed by atoms with E-state index in [1.165, 1.54) is 10.5 Å². The molecule has 0 aliphatic heterocycles. The number of nitrogens with zero attached hydrogens (tertiary/aromatic N) is 3. The second kappa shape index (κ2) is 5.61. The molecule has 1 aromatic heterocycles. The van der Waals surface area contributed by atoms with E-state index in [1.807, 2.05) is 13.8 Å². The maximum atomic E-state index is 12.1. The fraction of sp³-hybridized carbons (Fsp3) is 0.700. The fourth-order valence-electron chi connectivity index (χ4n) is 1.30. The molecule has 0 amide bonds. The van der Waals surface area contributed by atoms with Crippen molar-refractivity contribution in [2.45, 2.75) is 37.8 Å². The lowest BCUT2D eigenvalue weighted by Crippen LogP contribution is -2.32. The second-order valence-electron chi connectivity index (χ2n) is 4.20. The van der Waals surface area contributed by atoms with Gasteiger partial charge in [-0.3, -0.25) is 4.68 Å². The topological polar surface area (TPSA) is 81.2 Å². The summed E-state index contributed by atoms with van der Waals surface area (Å²) in [4.78, 5) is 0.228. The number of rotatable bonds is 6. The van der Waals surface area contributed by atoms with Crippen LogP contribution < -0.4 is 5.73 Å². The van der Waals surface area contributed by atoms with Gasteiger partial charge < -0.3 is 5.73 Å². The third kappa shape index (κ3) is 3.27. The lowest BCUT2D eigenvalue weighted by atomic mass is 10.4. The molecule has 0 saturated carbocycles. The molecule has 0 spiro atoms. The van der Waals surface area contributed by atoms with Gasteiger partial charge in [-0.1, -0.05) is 0 Å². The van der Waals surface area contributed by atoms with Crippen LogP contribution in [0.2, 0.25) is 0 Å². The molecule has 0 radical (unpaired) electrons. The van der Waals surface area contributed by atoms with E-state index in [4.69, 9.17) is 5.73 Å². The van der Waals surface area contributed by atoms with Crippen LogP contribution in [0.1, 0.15) is 20.3 Å². The standard InChI is InChI=1S/C10H20N4O2S/c1-9(2)13(3)17(15,16)10-7-12-14(8-10)6-4-5-11/h7-9H,4-6,11H2,1-3H3. The van der Waals surface area contributed by atoms with E-state index in [2.05, 4.69) is 5.10 Å². The molecule has 0 fully saturated rings. The second-order valence-corrected chi connectivity index (χ2v) is 6.19. The largest absolute Gasteiger partial charge is 0.330 e. The average Bonchev–Trinajstić information content (AvgIpc) is 2.74. The van der Waals surface area contributed by atoms with Gasteiger partial charge in [0.15, 0.2) is 0 Å². The van der Waals surface area contributed by atoms with Gasteiger partial charge in [0.1, 0.15) is 4.90 Å². The van der Waals surface area contributed by atoms with Gasteiger partial charge in [-0.05, 0) is 26.8 Å². The van der Waals surface area contributed by atoms with E-state index in [0.717, 1.165) is 6.42 Å². The lowest BCUT2D eigenvalue weighted by molar-refractivity contribution is 0.410. The Morgan fingerprint density at radius 1 is 1.53 bits per heavy atom. The molecule has 7 heteroatoms. The molecule has 0 bridgehead atoms. The first kappa shape index (κ1) is 14.1. The summed E-state index contributed by atoms with van der Waals surface area (Å²) in [5.74, 6) is 0. The molecule has 0 aliphatic rings. The average molecular weight is 260 g/mol. The summed E-state index contributed by atoms with van der Waals surface area (Å²) >= 11 is 0. The Hall–Kier alpha value is -0.920. The molecular weight excluding hydrogens is 240 g/mol. The highest BCUT2D eigenvalue weighted by atomic mass is 32.2. The Morgan fingerprint density at radius 2 is 2.18 bits per heavy atom. The summed E-state index contributed by atoms with van der Waals surface area (Å²) in [7, 11) is -1.86. The van der Waals surface area contributed by atoms with Crippen molar-refractivity contribution >= 4 is 10.0 Å². The van der Waals surface area contributed by atoms with Gasteiger partial charge in [-0.15, -0.1) is 0 Å². The Balaban J connectivity index is 2.89. The van der Waals surface area contributed by atoms with E-state index in [9.17, 15) is 8.42 Å². The number of aromatic nitrogens is 2. The van der Waals surface area contributed by atoms with Gasteiger partial charge in [0.25, 0.3) is 0 Å². The Labute approximate surface area is 102 Å². The van der Waals surface area contributed by atoms with Crippen LogP contribution in [0.4, 0.5) is 0 Å². The third-order valence-electron chi connectivity index (χ3n) is 2.61. The zero-order chi connectivity index (χ0) is 13.1. The van der Waals surface area contributed by atoms with Crippen molar-refractivity contribution in [3.63, 3.8) is 0 Å². The van der Waals surface area contributed by atoms with Crippen LogP contribution in [0, 0.1) is 0 Å². The first-order chi connectivity index (χ1) is 7.89. The molecule has 1 aromatic rings. The minimum atomic E-state index is -3.42. The Bertz CT molecular complexity index is 453. The van der Waals surface area contributed by atoms with E-state index >= 15 is 0 Å². The van der Waals surface area contributed by atoms with E-state index in [0.29, 0.717) is 13.1 Å². The van der Waals surface area contributed by atoms with Gasteiger partial charge in [-0.25, -0.2) is 8.42 Å². The van der Waals surface area contributed by atoms with Crippen LogP contribution in [0.25, 0.3) is 0 Å². The normalized spacial score (nSPS) is 12.6. The van der Waals surface area contributed by atoms with E-state index < -0.39 is 10.0 Å². The SMILES string of the molecule is CC(C)N(C)S(=O)(=O)c1cnn(CCCN)c1. The van der Waals surface area contributed by atoms with Crippen molar-refractivity contribution in [3.05, 3.63) is 12.4 Å². The third-order valence-corrected chi connectivity index (χ3v) is 4.59. The monoisotopic (exact) mass is 260 g/mol. The molecule has 17 heavy (non-hydrogen) atoms. The molecule has 0 aliphatic carbocycles. The summed E-state index contributed by atoms with van der Waals surface area (Å²) in [5, 5.41) is 4.02. The Morgan fingerprint density at radius 3 is 2.71 bits per heavy atom. The molecule has 0 unspecified atom stereocenters. The number of sulfonamides is 1. The van der Waals surface area contributed by atoms with Crippen molar-refractivity contribution in [3.8, 4) is 0 Å². The predicted molar refractivity (Wildman–Crippen MR) is 66.0 cm³/mol. The molecular formula is C10H20N4O2S. The van der Waals surface area contributed by atoms with Crippen LogP contribution in [0.5, 0.6) is 0 Å². The van der Waals surface area contributed by atoms with Crippen molar-refractivity contribution in [1.29, 1.82) is 0 Å². The lowest BCUT2D eigenvalue weighted by Gasteiger charge is -2.19. The maximum absolute atomic E-state index is 12.1. The summed E-state index contributed by atoms with van der Waals surface area (Å²) in [6, 6.07) is -0.0765. The van der Waals surface area contributed by atoms with Gasteiger partial charge in [0.05, 0.1) is 6.20 Å². The molecule has 98 valence electrons. The summed E-state index contributed by atoms with van der Waals surface area (Å²) in [6.45, 7) is 4.86. The van der Waals surface area contributed by atoms with Crippen LogP contribution in [-0.4, -0.2) is 42.1 Å². The Kier molecular flexibility index (Phi) is 4.67. The highest BCUT2D eigenvalue weighted by Gasteiger charge is 2.24. The minimum Gasteiger partial charge on any atom is -0.330 e. The zero-order valence-corrected chi connectivity index (χ0v) is 11.3. The van der Waals surface area contributed by atoms with Gasteiger partial charge in [0, 0.05) is 25.8 Å². The molecule has 1 heterocycles. The number of hydrogen-bond donors (Lipinski definition) is 1. The number of hydrogen-bond acceptors (Lipinski definition) is 4. The fourth-order valence-corrected chi connectivity index (χ4v) is 2.62. The molecule has 0 aromatic carbocycles. The molecule has 1 rings (SSSR count). The van der Waals surface area contributed by atoms with Gasteiger partial charge in [-0.2, -0.15) is 9.40 Å². The summed E-state index contributed by atoms with van der Waals surface area (Å²) in [5.41, 5.74) is 5.39. The van der Waals surface area contributed by atoms with Crippen molar-refractivity contribution in [1.82, 2.24) is 14.1 Å². The molecule has 0 atom stereocenters. The molecule has 2 N–H and O–H groups in total. The number of aryl methyl sites for hydroxylation is 1. The van der Waals surface area contributed by atoms with Crippen molar-refractivity contribution < 1.29 is 8.42 Å². The summed E-state index contributed by atoms with van der Waals surface area (Å²) < 4.78 is 27.2. The quantitative estimate of drug-likeness (QED) is 0.795. The van der Waals surface area contributed by atoms with Gasteiger partial charge >= 0.3 is 0 Å². The van der Waals surface area contributed by atoms with E-state index in [-0.39, 0.29) is 10.9 Å². The zero-order valence-electron chi connectivity index (χ0n) is 10.5. The first-order valence-electron chi connectivity index (χ1n) is 5.60. The summed E-state index contributed by atoms with van der Waals surface area (Å²) in [6.07, 6.45) is 3.70. The smallest absolute Gasteiger partial charge is 0.246 e. The van der Waals surface area contributed by atoms with Crippen LogP contribution in [0.3, 0.4) is 0 Å². The van der Waals surface area contributed by atoms with Crippen LogP contribution in [0.15, 0.2) is 17.3 Å². The highest BCUT2D eigenvalue weighted by Crippen LogP contribution is 2.15. The van der Waals surface area contributed by atoms with Gasteiger partial charge in [0.2, 0.25) is 10.0 Å². The maximum Gasteiger partial charge on any atom is 0.246 e. The van der Waals surface area contributed by atoms with Crippen molar-refractivity contribution in [2.75, 3.05) is 13.6 Å². The van der Waals surface area contributed by atoms with E-state index in [1.54, 1.807) is 17.9 Å². The number of nitrogens with two attached hydrogens (primary N) is 1.